The minimum absolute atomic E-state index is 0.280. The van der Waals surface area contributed by atoms with Crippen molar-refractivity contribution in [1.82, 2.24) is 5.32 Å². The van der Waals surface area contributed by atoms with Crippen molar-refractivity contribution in [3.63, 3.8) is 0 Å². The Balaban J connectivity index is 1.83. The van der Waals surface area contributed by atoms with Gasteiger partial charge in [-0.3, -0.25) is 0 Å². The molecule has 2 heterocycles. The highest BCUT2D eigenvalue weighted by Crippen LogP contribution is 2.38. The van der Waals surface area contributed by atoms with Gasteiger partial charge in [0.05, 0.1) is 10.6 Å². The van der Waals surface area contributed by atoms with Crippen molar-refractivity contribution in [2.75, 3.05) is 0 Å². The summed E-state index contributed by atoms with van der Waals surface area (Å²) in [6.07, 6.45) is -1.47. The average molecular weight is 324 g/mol. The Morgan fingerprint density at radius 2 is 1.76 bits per heavy atom. The molecule has 0 amide bonds. The van der Waals surface area contributed by atoms with Crippen molar-refractivity contribution in [1.29, 1.82) is 0 Å². The van der Waals surface area contributed by atoms with Gasteiger partial charge in [0.2, 0.25) is 0 Å². The molecule has 116 valence electrons. The molecule has 1 aromatic rings. The van der Waals surface area contributed by atoms with Gasteiger partial charge in [0.1, 0.15) is 6.10 Å². The summed E-state index contributed by atoms with van der Waals surface area (Å²) in [5.41, 5.74) is -0.999. The van der Waals surface area contributed by atoms with E-state index in [1.54, 1.807) is 0 Å². The third-order valence-electron chi connectivity index (χ3n) is 4.05. The molecule has 2 nitrogen and oxygen atoms in total. The Morgan fingerprint density at radius 1 is 1.14 bits per heavy atom. The smallest absolute Gasteiger partial charge is 0.416 e. The topological polar surface area (TPSA) is 21.3 Å². The Morgan fingerprint density at radius 3 is 2.33 bits per heavy atom. The molecule has 2 atom stereocenters. The van der Waals surface area contributed by atoms with Gasteiger partial charge < -0.3 is 10.1 Å². The summed E-state index contributed by atoms with van der Waals surface area (Å²) in [5, 5.41) is 2.82. The zero-order valence-electron chi connectivity index (χ0n) is 11.0. The van der Waals surface area contributed by atoms with Crippen LogP contribution in [0.15, 0.2) is 12.1 Å². The van der Waals surface area contributed by atoms with Crippen LogP contribution in [0.5, 0.6) is 5.75 Å². The van der Waals surface area contributed by atoms with Crippen LogP contribution in [-0.4, -0.2) is 18.2 Å². The number of ether oxygens (including phenoxy) is 1. The Bertz CT molecular complexity index is 537. The molecule has 2 fully saturated rings. The van der Waals surface area contributed by atoms with E-state index in [1.807, 2.05) is 0 Å². The highest BCUT2D eigenvalue weighted by Gasteiger charge is 2.36. The van der Waals surface area contributed by atoms with E-state index in [-0.39, 0.29) is 6.10 Å². The van der Waals surface area contributed by atoms with E-state index in [9.17, 15) is 17.6 Å². The van der Waals surface area contributed by atoms with Gasteiger partial charge in [-0.05, 0) is 37.8 Å². The maximum atomic E-state index is 13.9. The van der Waals surface area contributed by atoms with Crippen LogP contribution in [0.3, 0.4) is 0 Å². The molecule has 0 aromatic heterocycles. The van der Waals surface area contributed by atoms with E-state index in [2.05, 4.69) is 5.32 Å². The molecule has 2 bridgehead atoms. The molecular formula is C14H14ClF4NO. The standard InChI is InChI=1S/C14H14ClF4NO/c15-11-3-7(14(17,18)19)4-12(13(11)16)21-10-5-8-1-2-9(6-10)20-8/h3-4,8-10,20H,1-2,5-6H2. The van der Waals surface area contributed by atoms with Crippen molar-refractivity contribution in [3.8, 4) is 5.75 Å². The summed E-state index contributed by atoms with van der Waals surface area (Å²) < 4.78 is 57.6. The van der Waals surface area contributed by atoms with E-state index in [0.717, 1.165) is 12.8 Å². The molecule has 3 rings (SSSR count). The lowest BCUT2D eigenvalue weighted by atomic mass is 10.0. The van der Waals surface area contributed by atoms with Crippen LogP contribution in [0.4, 0.5) is 17.6 Å². The number of nitrogens with one attached hydrogen (secondary N) is 1. The summed E-state index contributed by atoms with van der Waals surface area (Å²) in [4.78, 5) is 0. The number of fused-ring (bicyclic) bond motifs is 2. The molecule has 0 saturated carbocycles. The van der Waals surface area contributed by atoms with Crippen LogP contribution < -0.4 is 10.1 Å². The number of alkyl halides is 3. The first kappa shape index (κ1) is 14.9. The number of hydrogen-bond donors (Lipinski definition) is 1. The van der Waals surface area contributed by atoms with Crippen molar-refractivity contribution < 1.29 is 22.3 Å². The first-order chi connectivity index (χ1) is 9.83. The maximum Gasteiger partial charge on any atom is 0.416 e. The predicted molar refractivity (Wildman–Crippen MR) is 70.0 cm³/mol. The third-order valence-corrected chi connectivity index (χ3v) is 4.32. The first-order valence-electron chi connectivity index (χ1n) is 6.82. The quantitative estimate of drug-likeness (QED) is 0.825. The monoisotopic (exact) mass is 323 g/mol. The number of piperidine rings is 1. The molecule has 21 heavy (non-hydrogen) atoms. The summed E-state index contributed by atoms with van der Waals surface area (Å²) in [5.74, 6) is -1.35. The van der Waals surface area contributed by atoms with E-state index < -0.39 is 28.3 Å². The van der Waals surface area contributed by atoms with Gasteiger partial charge in [0, 0.05) is 12.1 Å². The van der Waals surface area contributed by atoms with E-state index >= 15 is 0 Å². The molecule has 2 aliphatic rings. The van der Waals surface area contributed by atoms with Gasteiger partial charge in [0.15, 0.2) is 11.6 Å². The van der Waals surface area contributed by atoms with E-state index in [0.29, 0.717) is 37.1 Å². The Hall–Kier alpha value is -1.01. The third kappa shape index (κ3) is 3.11. The van der Waals surface area contributed by atoms with Crippen LogP contribution in [0, 0.1) is 5.82 Å². The van der Waals surface area contributed by atoms with Crippen LogP contribution >= 0.6 is 11.6 Å². The van der Waals surface area contributed by atoms with Gasteiger partial charge in [-0.15, -0.1) is 0 Å². The molecule has 0 aliphatic carbocycles. The fourth-order valence-electron chi connectivity index (χ4n) is 3.09. The predicted octanol–water partition coefficient (Wildman–Crippen LogP) is 4.16. The van der Waals surface area contributed by atoms with Crippen LogP contribution in [0.25, 0.3) is 0 Å². The molecule has 1 aromatic carbocycles. The number of benzene rings is 1. The summed E-state index contributed by atoms with van der Waals surface area (Å²) in [6.45, 7) is 0. The second-order valence-corrected chi connectivity index (χ2v) is 6.02. The summed E-state index contributed by atoms with van der Waals surface area (Å²) in [6, 6.07) is 1.87. The largest absolute Gasteiger partial charge is 0.487 e. The summed E-state index contributed by atoms with van der Waals surface area (Å²) >= 11 is 5.55. The van der Waals surface area contributed by atoms with Crippen LogP contribution in [0.2, 0.25) is 5.02 Å². The lowest BCUT2D eigenvalue weighted by Gasteiger charge is -2.29. The lowest BCUT2D eigenvalue weighted by Crippen LogP contribution is -2.42. The van der Waals surface area contributed by atoms with Crippen LogP contribution in [-0.2, 0) is 6.18 Å². The maximum absolute atomic E-state index is 13.9. The minimum atomic E-state index is -4.58. The highest BCUT2D eigenvalue weighted by atomic mass is 35.5. The highest BCUT2D eigenvalue weighted by molar-refractivity contribution is 6.31. The minimum Gasteiger partial charge on any atom is -0.487 e. The lowest BCUT2D eigenvalue weighted by molar-refractivity contribution is -0.137. The second kappa shape index (κ2) is 5.32. The number of halogens is 5. The van der Waals surface area contributed by atoms with E-state index in [1.165, 1.54) is 0 Å². The SMILES string of the molecule is Fc1c(Cl)cc(C(F)(F)F)cc1OC1CC2CCC(C1)N2. The molecular weight excluding hydrogens is 310 g/mol. The second-order valence-electron chi connectivity index (χ2n) is 5.62. The average Bonchev–Trinajstić information content (AvgIpc) is 2.73. The van der Waals surface area contributed by atoms with Gasteiger partial charge in [0.25, 0.3) is 0 Å². The molecule has 2 saturated heterocycles. The van der Waals surface area contributed by atoms with Gasteiger partial charge in [-0.2, -0.15) is 13.2 Å². The van der Waals surface area contributed by atoms with Gasteiger partial charge in [-0.1, -0.05) is 11.6 Å². The zero-order valence-corrected chi connectivity index (χ0v) is 11.8. The van der Waals surface area contributed by atoms with Crippen molar-refractivity contribution >= 4 is 11.6 Å². The van der Waals surface area contributed by atoms with Crippen LogP contribution in [0.1, 0.15) is 31.2 Å². The Kier molecular flexibility index (Phi) is 3.78. The van der Waals surface area contributed by atoms with Crippen molar-refractivity contribution in [2.24, 2.45) is 0 Å². The first-order valence-corrected chi connectivity index (χ1v) is 7.19. The molecule has 2 aliphatic heterocycles. The fraction of sp³-hybridized carbons (Fsp3) is 0.571. The Labute approximate surface area is 124 Å². The van der Waals surface area contributed by atoms with Crippen molar-refractivity contribution in [3.05, 3.63) is 28.5 Å². The zero-order chi connectivity index (χ0) is 15.2. The summed E-state index contributed by atoms with van der Waals surface area (Å²) in [7, 11) is 0. The van der Waals surface area contributed by atoms with Crippen molar-refractivity contribution in [2.45, 2.75) is 50.0 Å². The fourth-order valence-corrected chi connectivity index (χ4v) is 3.30. The van der Waals surface area contributed by atoms with E-state index in [4.69, 9.17) is 16.3 Å². The molecule has 7 heteroatoms. The molecule has 2 unspecified atom stereocenters. The normalized spacial score (nSPS) is 28.7. The van der Waals surface area contributed by atoms with Gasteiger partial charge >= 0.3 is 6.18 Å². The molecule has 0 radical (unpaired) electrons. The van der Waals surface area contributed by atoms with Gasteiger partial charge in [-0.25, -0.2) is 4.39 Å². The molecule has 1 N–H and O–H groups in total. The number of hydrogen-bond acceptors (Lipinski definition) is 2. The number of rotatable bonds is 2. The molecule has 0 spiro atoms.